The van der Waals surface area contributed by atoms with Crippen LogP contribution in [0.5, 0.6) is 0 Å². The highest BCUT2D eigenvalue weighted by atomic mass is 19.4. The molecule has 3 nitrogen and oxygen atoms in total. The zero-order valence-electron chi connectivity index (χ0n) is 18.8. The van der Waals surface area contributed by atoms with Gasteiger partial charge in [0.25, 0.3) is 0 Å². The van der Waals surface area contributed by atoms with Gasteiger partial charge in [0.2, 0.25) is 0 Å². The number of aliphatic carboxylic acids is 1. The molecule has 2 aromatic rings. The Hall–Kier alpha value is -2.76. The van der Waals surface area contributed by atoms with E-state index in [9.17, 15) is 44.3 Å². The van der Waals surface area contributed by atoms with Gasteiger partial charge in [0, 0.05) is 18.5 Å². The molecule has 3 rings (SSSR count). The van der Waals surface area contributed by atoms with Crippen molar-refractivity contribution < 1.29 is 49.4 Å². The third kappa shape index (κ3) is 6.32. The summed E-state index contributed by atoms with van der Waals surface area (Å²) in [5.41, 5.74) is -3.77. The molecule has 0 aliphatic carbocycles. The van der Waals surface area contributed by atoms with E-state index < -0.39 is 64.8 Å². The SMILES string of the molecule is CC(c1cc(C(F)(F)F)ccc1C(F)(F)F)N1CCC(CC(=O)O)C[C@H]1c1ccc(C(F)(F)F)cc1. The first-order valence-corrected chi connectivity index (χ1v) is 10.9. The normalized spacial score (nSPS) is 20.8. The lowest BCUT2D eigenvalue weighted by molar-refractivity contribution is -0.142. The molecule has 3 atom stereocenters. The molecule has 1 N–H and O–H groups in total. The molecule has 1 aliphatic rings. The number of nitrogens with zero attached hydrogens (tertiary/aromatic N) is 1. The number of hydrogen-bond acceptors (Lipinski definition) is 2. The van der Waals surface area contributed by atoms with E-state index in [-0.39, 0.29) is 25.8 Å². The summed E-state index contributed by atoms with van der Waals surface area (Å²) in [4.78, 5) is 12.7. The second-order valence-electron chi connectivity index (χ2n) is 8.84. The Labute approximate surface area is 200 Å². The Morgan fingerprint density at radius 2 is 1.47 bits per heavy atom. The number of hydrogen-bond donors (Lipinski definition) is 1. The van der Waals surface area contributed by atoms with Gasteiger partial charge in [-0.15, -0.1) is 0 Å². The number of carboxylic acid groups (broad SMARTS) is 1. The summed E-state index contributed by atoms with van der Waals surface area (Å²) in [6.07, 6.45) is -14.4. The fourth-order valence-corrected chi connectivity index (χ4v) is 4.70. The minimum atomic E-state index is -4.95. The summed E-state index contributed by atoms with van der Waals surface area (Å²) >= 11 is 0. The van der Waals surface area contributed by atoms with E-state index in [2.05, 4.69) is 0 Å². The summed E-state index contributed by atoms with van der Waals surface area (Å²) in [5.74, 6) is -1.52. The molecule has 0 amide bonds. The number of benzene rings is 2. The van der Waals surface area contributed by atoms with Gasteiger partial charge < -0.3 is 5.11 Å². The van der Waals surface area contributed by atoms with Crippen molar-refractivity contribution >= 4 is 5.97 Å². The summed E-state index contributed by atoms with van der Waals surface area (Å²) in [6.45, 7) is 1.34. The van der Waals surface area contributed by atoms with Crippen LogP contribution in [0.2, 0.25) is 0 Å². The molecule has 0 bridgehead atoms. The van der Waals surface area contributed by atoms with Gasteiger partial charge >= 0.3 is 24.5 Å². The zero-order chi connectivity index (χ0) is 27.1. The molecule has 1 heterocycles. The largest absolute Gasteiger partial charge is 0.481 e. The standard InChI is InChI=1S/C24H22F9NO2/c1-13(18-12-17(23(28,29)30)6-7-19(18)24(31,32)33)34-9-8-14(11-21(35)36)10-20(34)15-2-4-16(5-3-15)22(25,26)27/h2-7,12-14,20H,8-11H2,1H3,(H,35,36)/t13?,14?,20-/m0/s1. The van der Waals surface area contributed by atoms with Crippen LogP contribution in [0, 0.1) is 5.92 Å². The van der Waals surface area contributed by atoms with Crippen LogP contribution in [0.4, 0.5) is 39.5 Å². The molecule has 2 unspecified atom stereocenters. The van der Waals surface area contributed by atoms with Crippen LogP contribution >= 0.6 is 0 Å². The highest BCUT2D eigenvalue weighted by Crippen LogP contribution is 2.45. The van der Waals surface area contributed by atoms with Gasteiger partial charge in [-0.3, -0.25) is 9.69 Å². The van der Waals surface area contributed by atoms with Crippen molar-refractivity contribution in [2.24, 2.45) is 5.92 Å². The Morgan fingerprint density at radius 3 is 1.97 bits per heavy atom. The predicted octanol–water partition coefficient (Wildman–Crippen LogP) is 7.73. The number of carboxylic acids is 1. The minimum Gasteiger partial charge on any atom is -0.481 e. The Balaban J connectivity index is 2.06. The second-order valence-corrected chi connectivity index (χ2v) is 8.84. The summed E-state index contributed by atoms with van der Waals surface area (Å²) in [6, 6.07) is 3.10. The van der Waals surface area contributed by atoms with E-state index in [4.69, 9.17) is 5.11 Å². The lowest BCUT2D eigenvalue weighted by Crippen LogP contribution is -2.39. The maximum absolute atomic E-state index is 13.7. The first-order chi connectivity index (χ1) is 16.5. The summed E-state index contributed by atoms with van der Waals surface area (Å²) in [5, 5.41) is 9.16. The molecular formula is C24H22F9NO2. The highest BCUT2D eigenvalue weighted by molar-refractivity contribution is 5.67. The minimum absolute atomic E-state index is 0.0400. The van der Waals surface area contributed by atoms with Crippen LogP contribution < -0.4 is 0 Å². The van der Waals surface area contributed by atoms with Crippen LogP contribution in [0.3, 0.4) is 0 Å². The number of likely N-dealkylation sites (tertiary alicyclic amines) is 1. The van der Waals surface area contributed by atoms with Crippen LogP contribution in [0.1, 0.15) is 66.1 Å². The molecule has 0 spiro atoms. The van der Waals surface area contributed by atoms with Crippen molar-refractivity contribution in [1.82, 2.24) is 4.90 Å². The molecule has 1 fully saturated rings. The van der Waals surface area contributed by atoms with Crippen LogP contribution in [-0.2, 0) is 23.3 Å². The van der Waals surface area contributed by atoms with Gasteiger partial charge in [0.15, 0.2) is 0 Å². The third-order valence-electron chi connectivity index (χ3n) is 6.47. The maximum Gasteiger partial charge on any atom is 0.416 e. The maximum atomic E-state index is 13.7. The number of carbonyl (C=O) groups is 1. The smallest absolute Gasteiger partial charge is 0.416 e. The monoisotopic (exact) mass is 527 g/mol. The first kappa shape index (κ1) is 27.8. The Morgan fingerprint density at radius 1 is 0.917 bits per heavy atom. The molecule has 1 aliphatic heterocycles. The van der Waals surface area contributed by atoms with E-state index in [0.717, 1.165) is 24.3 Å². The quantitative estimate of drug-likeness (QED) is 0.405. The molecule has 0 radical (unpaired) electrons. The van der Waals surface area contributed by atoms with Crippen molar-refractivity contribution in [3.63, 3.8) is 0 Å². The van der Waals surface area contributed by atoms with E-state index in [1.54, 1.807) is 0 Å². The third-order valence-corrected chi connectivity index (χ3v) is 6.47. The van der Waals surface area contributed by atoms with E-state index in [0.29, 0.717) is 23.8 Å². The van der Waals surface area contributed by atoms with E-state index >= 15 is 0 Å². The summed E-state index contributed by atoms with van der Waals surface area (Å²) < 4.78 is 120. The molecule has 198 valence electrons. The predicted molar refractivity (Wildman–Crippen MR) is 111 cm³/mol. The fraction of sp³-hybridized carbons (Fsp3) is 0.458. The van der Waals surface area contributed by atoms with Crippen LogP contribution in [0.15, 0.2) is 42.5 Å². The van der Waals surface area contributed by atoms with Gasteiger partial charge in [-0.1, -0.05) is 12.1 Å². The molecule has 0 saturated carbocycles. The summed E-state index contributed by atoms with van der Waals surface area (Å²) in [7, 11) is 0. The van der Waals surface area contributed by atoms with Crippen molar-refractivity contribution in [3.8, 4) is 0 Å². The van der Waals surface area contributed by atoms with Crippen LogP contribution in [0.25, 0.3) is 0 Å². The number of rotatable bonds is 5. The van der Waals surface area contributed by atoms with E-state index in [1.807, 2.05) is 0 Å². The molecular weight excluding hydrogens is 505 g/mol. The topological polar surface area (TPSA) is 40.5 Å². The lowest BCUT2D eigenvalue weighted by atomic mass is 9.83. The second kappa shape index (κ2) is 9.95. The van der Waals surface area contributed by atoms with E-state index in [1.165, 1.54) is 11.8 Å². The highest BCUT2D eigenvalue weighted by Gasteiger charge is 2.41. The first-order valence-electron chi connectivity index (χ1n) is 10.9. The van der Waals surface area contributed by atoms with Crippen molar-refractivity contribution in [2.45, 2.75) is 56.8 Å². The van der Waals surface area contributed by atoms with Gasteiger partial charge in [-0.2, -0.15) is 39.5 Å². The Kier molecular flexibility index (Phi) is 7.69. The number of halogens is 9. The number of alkyl halides is 9. The van der Waals surface area contributed by atoms with Crippen molar-refractivity contribution in [2.75, 3.05) is 6.54 Å². The van der Waals surface area contributed by atoms with Crippen molar-refractivity contribution in [1.29, 1.82) is 0 Å². The molecule has 36 heavy (non-hydrogen) atoms. The van der Waals surface area contributed by atoms with Crippen LogP contribution in [-0.4, -0.2) is 22.5 Å². The van der Waals surface area contributed by atoms with Gasteiger partial charge in [0.1, 0.15) is 0 Å². The lowest BCUT2D eigenvalue weighted by Gasteiger charge is -2.43. The van der Waals surface area contributed by atoms with Gasteiger partial charge in [0.05, 0.1) is 16.7 Å². The fourth-order valence-electron chi connectivity index (χ4n) is 4.70. The average molecular weight is 527 g/mol. The molecule has 0 aromatic heterocycles. The average Bonchev–Trinajstić information content (AvgIpc) is 2.76. The zero-order valence-corrected chi connectivity index (χ0v) is 18.8. The van der Waals surface area contributed by atoms with Crippen molar-refractivity contribution in [3.05, 3.63) is 70.3 Å². The molecule has 12 heteroatoms. The molecule has 1 saturated heterocycles. The number of piperidine rings is 1. The van der Waals surface area contributed by atoms with Gasteiger partial charge in [-0.05, 0) is 73.7 Å². The Bertz CT molecular complexity index is 1070. The molecule has 2 aromatic carbocycles. The van der Waals surface area contributed by atoms with Gasteiger partial charge in [-0.25, -0.2) is 0 Å².